The number of hydrogen-bond donors (Lipinski definition) is 2. The van der Waals surface area contributed by atoms with Gasteiger partial charge in [0, 0.05) is 13.0 Å². The second-order valence-corrected chi connectivity index (χ2v) is 7.47. The van der Waals surface area contributed by atoms with E-state index in [0.717, 1.165) is 35.5 Å². The second kappa shape index (κ2) is 9.56. The zero-order valence-corrected chi connectivity index (χ0v) is 16.3. The van der Waals surface area contributed by atoms with E-state index in [1.807, 2.05) is 12.1 Å². The third-order valence-corrected chi connectivity index (χ3v) is 5.56. The summed E-state index contributed by atoms with van der Waals surface area (Å²) in [5, 5.41) is 6.46. The predicted octanol–water partition coefficient (Wildman–Crippen LogP) is 4.00. The number of benzene rings is 2. The van der Waals surface area contributed by atoms with Crippen LogP contribution in [-0.2, 0) is 11.3 Å². The lowest BCUT2D eigenvalue weighted by atomic mass is 9.84. The molecule has 144 valence electrons. The number of ether oxygens (including phenoxy) is 1. The molecule has 1 heterocycles. The molecule has 27 heavy (non-hydrogen) atoms. The van der Waals surface area contributed by atoms with Crippen LogP contribution in [0.4, 0.5) is 0 Å². The number of piperidine rings is 1. The Morgan fingerprint density at radius 1 is 1.07 bits per heavy atom. The van der Waals surface area contributed by atoms with E-state index in [2.05, 4.69) is 54.0 Å². The number of methoxy groups -OCH3 is 1. The van der Waals surface area contributed by atoms with Crippen molar-refractivity contribution in [3.05, 3.63) is 54.1 Å². The average Bonchev–Trinajstić information content (AvgIpc) is 2.73. The van der Waals surface area contributed by atoms with Gasteiger partial charge in [0.1, 0.15) is 5.75 Å². The van der Waals surface area contributed by atoms with Gasteiger partial charge < -0.3 is 15.4 Å². The molecule has 1 aliphatic rings. The van der Waals surface area contributed by atoms with Gasteiger partial charge in [0.15, 0.2) is 0 Å². The van der Waals surface area contributed by atoms with Crippen LogP contribution in [0.5, 0.6) is 5.75 Å². The normalized spacial score (nSPS) is 15.9. The fraction of sp³-hybridized carbons (Fsp3) is 0.435. The molecule has 0 bridgehead atoms. The molecule has 0 saturated carbocycles. The third kappa shape index (κ3) is 5.57. The van der Waals surface area contributed by atoms with Crippen molar-refractivity contribution in [3.63, 3.8) is 0 Å². The van der Waals surface area contributed by atoms with Gasteiger partial charge >= 0.3 is 0 Å². The van der Waals surface area contributed by atoms with Crippen LogP contribution in [0.2, 0.25) is 0 Å². The van der Waals surface area contributed by atoms with E-state index in [0.29, 0.717) is 24.8 Å². The second-order valence-electron chi connectivity index (χ2n) is 7.47. The van der Waals surface area contributed by atoms with E-state index >= 15 is 0 Å². The van der Waals surface area contributed by atoms with Crippen molar-refractivity contribution in [3.8, 4) is 16.9 Å². The number of carbonyl (C=O) groups is 1. The van der Waals surface area contributed by atoms with Crippen molar-refractivity contribution in [1.29, 1.82) is 0 Å². The first-order chi connectivity index (χ1) is 13.2. The van der Waals surface area contributed by atoms with Gasteiger partial charge in [-0.25, -0.2) is 0 Å². The van der Waals surface area contributed by atoms with E-state index < -0.39 is 0 Å². The first kappa shape index (κ1) is 19.4. The summed E-state index contributed by atoms with van der Waals surface area (Å²) < 4.78 is 5.20. The van der Waals surface area contributed by atoms with Gasteiger partial charge in [0.05, 0.1) is 7.11 Å². The lowest BCUT2D eigenvalue weighted by Crippen LogP contribution is -2.33. The van der Waals surface area contributed by atoms with Crippen LogP contribution in [0, 0.1) is 11.8 Å². The highest BCUT2D eigenvalue weighted by atomic mass is 16.5. The topological polar surface area (TPSA) is 50.4 Å². The number of nitrogens with one attached hydrogen (secondary N) is 2. The van der Waals surface area contributed by atoms with Gasteiger partial charge in [-0.15, -0.1) is 0 Å². The molecule has 1 fully saturated rings. The number of rotatable bonds is 7. The molecule has 0 spiro atoms. The highest BCUT2D eigenvalue weighted by Gasteiger charge is 2.21. The summed E-state index contributed by atoms with van der Waals surface area (Å²) in [6, 6.07) is 16.4. The Balaban J connectivity index is 1.48. The lowest BCUT2D eigenvalue weighted by molar-refractivity contribution is -0.122. The van der Waals surface area contributed by atoms with Crippen molar-refractivity contribution in [2.45, 2.75) is 32.7 Å². The van der Waals surface area contributed by atoms with Crippen LogP contribution in [-0.4, -0.2) is 26.1 Å². The maximum atomic E-state index is 12.3. The van der Waals surface area contributed by atoms with Crippen LogP contribution in [0.25, 0.3) is 11.1 Å². The van der Waals surface area contributed by atoms with Crippen molar-refractivity contribution in [2.75, 3.05) is 20.2 Å². The van der Waals surface area contributed by atoms with E-state index in [9.17, 15) is 4.79 Å². The molecule has 0 radical (unpaired) electrons. The van der Waals surface area contributed by atoms with Gasteiger partial charge in [-0.3, -0.25) is 4.79 Å². The summed E-state index contributed by atoms with van der Waals surface area (Å²) in [4.78, 5) is 12.3. The quantitative estimate of drug-likeness (QED) is 0.779. The Morgan fingerprint density at radius 3 is 2.26 bits per heavy atom. The van der Waals surface area contributed by atoms with Crippen molar-refractivity contribution < 1.29 is 9.53 Å². The Morgan fingerprint density at radius 2 is 1.67 bits per heavy atom. The fourth-order valence-electron chi connectivity index (χ4n) is 3.74. The Hall–Kier alpha value is -2.33. The summed E-state index contributed by atoms with van der Waals surface area (Å²) in [5.74, 6) is 2.13. The molecule has 1 unspecified atom stereocenters. The van der Waals surface area contributed by atoms with Crippen LogP contribution in [0.3, 0.4) is 0 Å². The van der Waals surface area contributed by atoms with Gasteiger partial charge in [-0.05, 0) is 66.6 Å². The maximum absolute atomic E-state index is 12.3. The van der Waals surface area contributed by atoms with Crippen molar-refractivity contribution in [2.24, 2.45) is 11.8 Å². The lowest BCUT2D eigenvalue weighted by Gasteiger charge is -2.27. The minimum absolute atomic E-state index is 0.153. The zero-order chi connectivity index (χ0) is 19.1. The minimum atomic E-state index is 0.153. The third-order valence-electron chi connectivity index (χ3n) is 5.56. The predicted molar refractivity (Wildman–Crippen MR) is 110 cm³/mol. The van der Waals surface area contributed by atoms with Gasteiger partial charge in [0.25, 0.3) is 0 Å². The Kier molecular flexibility index (Phi) is 6.88. The molecule has 1 saturated heterocycles. The summed E-state index contributed by atoms with van der Waals surface area (Å²) in [6.07, 6.45) is 2.98. The van der Waals surface area contributed by atoms with Gasteiger partial charge in [-0.2, -0.15) is 0 Å². The Labute approximate surface area is 162 Å². The first-order valence-electron chi connectivity index (χ1n) is 9.86. The van der Waals surface area contributed by atoms with Crippen LogP contribution in [0.1, 0.15) is 31.7 Å². The molecule has 1 aliphatic heterocycles. The van der Waals surface area contributed by atoms with E-state index in [4.69, 9.17) is 4.74 Å². The molecule has 2 aromatic rings. The molecular formula is C23H30N2O2. The average molecular weight is 367 g/mol. The summed E-state index contributed by atoms with van der Waals surface area (Å²) >= 11 is 0. The maximum Gasteiger partial charge on any atom is 0.220 e. The van der Waals surface area contributed by atoms with Crippen LogP contribution in [0.15, 0.2) is 48.5 Å². The highest BCUT2D eigenvalue weighted by Crippen LogP contribution is 2.25. The summed E-state index contributed by atoms with van der Waals surface area (Å²) in [6.45, 7) is 4.95. The van der Waals surface area contributed by atoms with Crippen LogP contribution < -0.4 is 15.4 Å². The number of hydrogen-bond acceptors (Lipinski definition) is 3. The largest absolute Gasteiger partial charge is 0.497 e. The molecule has 3 rings (SSSR count). The smallest absolute Gasteiger partial charge is 0.220 e. The molecule has 1 atom stereocenters. The summed E-state index contributed by atoms with van der Waals surface area (Å²) in [5.41, 5.74) is 3.43. The number of carbonyl (C=O) groups excluding carboxylic acids is 1. The molecule has 2 N–H and O–H groups in total. The SMILES string of the molecule is COc1ccc(-c2ccc(CNC(=O)CC(C)C3CCNCC3)cc2)cc1. The van der Waals surface area contributed by atoms with Gasteiger partial charge in [0.2, 0.25) is 5.91 Å². The molecule has 4 nitrogen and oxygen atoms in total. The molecule has 0 aliphatic carbocycles. The van der Waals surface area contributed by atoms with E-state index in [1.165, 1.54) is 12.8 Å². The highest BCUT2D eigenvalue weighted by molar-refractivity contribution is 5.76. The first-order valence-corrected chi connectivity index (χ1v) is 9.86. The molecule has 4 heteroatoms. The monoisotopic (exact) mass is 366 g/mol. The molecule has 0 aromatic heterocycles. The van der Waals surface area contributed by atoms with Crippen LogP contribution >= 0.6 is 0 Å². The number of amides is 1. The zero-order valence-electron chi connectivity index (χ0n) is 16.3. The summed E-state index contributed by atoms with van der Waals surface area (Å²) in [7, 11) is 1.67. The Bertz CT molecular complexity index is 719. The molecule has 2 aromatic carbocycles. The van der Waals surface area contributed by atoms with Crippen molar-refractivity contribution >= 4 is 5.91 Å². The van der Waals surface area contributed by atoms with Gasteiger partial charge in [-0.1, -0.05) is 43.3 Å². The fourth-order valence-corrected chi connectivity index (χ4v) is 3.74. The molecular weight excluding hydrogens is 336 g/mol. The van der Waals surface area contributed by atoms with E-state index in [1.54, 1.807) is 7.11 Å². The standard InChI is InChI=1S/C23H30N2O2/c1-17(19-11-13-24-14-12-19)15-23(26)25-16-18-3-5-20(6-4-18)21-7-9-22(27-2)10-8-21/h3-10,17,19,24H,11-16H2,1-2H3,(H,25,26). The molecule has 1 amide bonds. The minimum Gasteiger partial charge on any atom is -0.497 e. The van der Waals surface area contributed by atoms with E-state index in [-0.39, 0.29) is 5.91 Å². The van der Waals surface area contributed by atoms with Crippen molar-refractivity contribution in [1.82, 2.24) is 10.6 Å².